The zero-order chi connectivity index (χ0) is 12.7. The number of aromatic nitrogens is 2. The normalized spacial score (nSPS) is 28.1. The average molecular weight is 307 g/mol. The molecule has 1 aromatic heterocycles. The van der Waals surface area contributed by atoms with Crippen molar-refractivity contribution in [1.29, 1.82) is 0 Å². The first kappa shape index (κ1) is 12.2. The zero-order valence-corrected chi connectivity index (χ0v) is 12.5. The molecule has 0 saturated heterocycles. The SMILES string of the molecule is CC1C(Br)CCC1Cc1nn(C)c2ccccc12. The molecule has 3 unspecified atom stereocenters. The zero-order valence-electron chi connectivity index (χ0n) is 10.9. The molecule has 0 amide bonds. The van der Waals surface area contributed by atoms with E-state index in [9.17, 15) is 0 Å². The van der Waals surface area contributed by atoms with Gasteiger partial charge in [-0.05, 0) is 37.2 Å². The van der Waals surface area contributed by atoms with Gasteiger partial charge in [-0.15, -0.1) is 0 Å². The maximum absolute atomic E-state index is 4.71. The molecule has 2 nitrogen and oxygen atoms in total. The summed E-state index contributed by atoms with van der Waals surface area (Å²) >= 11 is 3.79. The van der Waals surface area contributed by atoms with Crippen LogP contribution in [0.1, 0.15) is 25.5 Å². The first-order chi connectivity index (χ1) is 8.66. The van der Waals surface area contributed by atoms with Gasteiger partial charge in [0.1, 0.15) is 0 Å². The number of nitrogens with zero attached hydrogens (tertiary/aromatic N) is 2. The smallest absolute Gasteiger partial charge is 0.0706 e. The van der Waals surface area contributed by atoms with Crippen LogP contribution in [0.3, 0.4) is 0 Å². The molecule has 0 bridgehead atoms. The number of para-hydroxylation sites is 1. The summed E-state index contributed by atoms with van der Waals surface area (Å²) in [5.41, 5.74) is 2.51. The summed E-state index contributed by atoms with van der Waals surface area (Å²) in [6.45, 7) is 2.36. The van der Waals surface area contributed by atoms with E-state index >= 15 is 0 Å². The van der Waals surface area contributed by atoms with E-state index in [1.165, 1.54) is 29.4 Å². The highest BCUT2D eigenvalue weighted by atomic mass is 79.9. The van der Waals surface area contributed by atoms with Crippen molar-refractivity contribution in [3.63, 3.8) is 0 Å². The number of benzene rings is 1. The lowest BCUT2D eigenvalue weighted by Crippen LogP contribution is -2.13. The summed E-state index contributed by atoms with van der Waals surface area (Å²) in [7, 11) is 2.04. The van der Waals surface area contributed by atoms with E-state index in [1.54, 1.807) is 0 Å². The second kappa shape index (κ2) is 4.69. The van der Waals surface area contributed by atoms with Gasteiger partial charge >= 0.3 is 0 Å². The summed E-state index contributed by atoms with van der Waals surface area (Å²) in [5, 5.41) is 6.04. The molecule has 3 rings (SSSR count). The van der Waals surface area contributed by atoms with Gasteiger partial charge in [0, 0.05) is 17.3 Å². The fourth-order valence-corrected chi connectivity index (χ4v) is 3.87. The summed E-state index contributed by atoms with van der Waals surface area (Å²) in [6.07, 6.45) is 3.74. The Morgan fingerprint density at radius 2 is 2.11 bits per heavy atom. The monoisotopic (exact) mass is 306 g/mol. The molecular formula is C15H19BrN2. The van der Waals surface area contributed by atoms with Gasteiger partial charge in [-0.25, -0.2) is 0 Å². The van der Waals surface area contributed by atoms with Crippen LogP contribution in [-0.4, -0.2) is 14.6 Å². The first-order valence-electron chi connectivity index (χ1n) is 6.71. The molecule has 1 fully saturated rings. The lowest BCUT2D eigenvalue weighted by Gasteiger charge is -2.16. The lowest BCUT2D eigenvalue weighted by atomic mass is 9.92. The highest BCUT2D eigenvalue weighted by Gasteiger charge is 2.31. The van der Waals surface area contributed by atoms with E-state index in [2.05, 4.69) is 47.1 Å². The van der Waals surface area contributed by atoms with Crippen molar-refractivity contribution in [2.24, 2.45) is 18.9 Å². The number of fused-ring (bicyclic) bond motifs is 1. The van der Waals surface area contributed by atoms with E-state index in [4.69, 9.17) is 5.10 Å². The third-order valence-electron chi connectivity index (χ3n) is 4.42. The van der Waals surface area contributed by atoms with Gasteiger partial charge in [-0.1, -0.05) is 41.1 Å². The predicted molar refractivity (Wildman–Crippen MR) is 79.0 cm³/mol. The Morgan fingerprint density at radius 1 is 1.33 bits per heavy atom. The Morgan fingerprint density at radius 3 is 2.83 bits per heavy atom. The topological polar surface area (TPSA) is 17.8 Å². The van der Waals surface area contributed by atoms with Crippen molar-refractivity contribution in [3.05, 3.63) is 30.0 Å². The summed E-state index contributed by atoms with van der Waals surface area (Å²) in [6, 6.07) is 8.54. The third-order valence-corrected chi connectivity index (χ3v) is 5.71. The minimum atomic E-state index is 0.692. The van der Waals surface area contributed by atoms with Crippen molar-refractivity contribution < 1.29 is 0 Å². The van der Waals surface area contributed by atoms with E-state index in [-0.39, 0.29) is 0 Å². The van der Waals surface area contributed by atoms with Crippen LogP contribution in [0.25, 0.3) is 10.9 Å². The second-order valence-corrected chi connectivity index (χ2v) is 6.68. The minimum absolute atomic E-state index is 0.692. The van der Waals surface area contributed by atoms with Gasteiger partial charge in [0.2, 0.25) is 0 Å². The Labute approximate surface area is 117 Å². The number of alkyl halides is 1. The van der Waals surface area contributed by atoms with Gasteiger partial charge in [-0.3, -0.25) is 4.68 Å². The Kier molecular flexibility index (Phi) is 3.18. The molecule has 96 valence electrons. The first-order valence-corrected chi connectivity index (χ1v) is 7.63. The number of hydrogen-bond acceptors (Lipinski definition) is 1. The Hall–Kier alpha value is -0.830. The van der Waals surface area contributed by atoms with E-state index < -0.39 is 0 Å². The lowest BCUT2D eigenvalue weighted by molar-refractivity contribution is 0.419. The summed E-state index contributed by atoms with van der Waals surface area (Å²) in [4.78, 5) is 0.692. The molecule has 1 aliphatic rings. The molecule has 1 saturated carbocycles. The van der Waals surface area contributed by atoms with Crippen molar-refractivity contribution in [3.8, 4) is 0 Å². The molecule has 1 heterocycles. The fraction of sp³-hybridized carbons (Fsp3) is 0.533. The molecular weight excluding hydrogens is 288 g/mol. The van der Waals surface area contributed by atoms with Crippen molar-refractivity contribution in [1.82, 2.24) is 9.78 Å². The molecule has 3 atom stereocenters. The molecule has 1 aliphatic carbocycles. The standard InChI is InChI=1S/C15H19BrN2/c1-10-11(7-8-13(10)16)9-14-12-5-3-4-6-15(12)18(2)17-14/h3-6,10-11,13H,7-9H2,1-2H3. The quantitative estimate of drug-likeness (QED) is 0.769. The molecule has 2 aromatic rings. The average Bonchev–Trinajstić information content (AvgIpc) is 2.86. The van der Waals surface area contributed by atoms with Gasteiger partial charge in [0.25, 0.3) is 0 Å². The fourth-order valence-electron chi connectivity index (χ4n) is 3.17. The third kappa shape index (κ3) is 1.99. The largest absolute Gasteiger partial charge is 0.268 e. The predicted octanol–water partition coefficient (Wildman–Crippen LogP) is 3.93. The second-order valence-electron chi connectivity index (χ2n) is 5.50. The minimum Gasteiger partial charge on any atom is -0.268 e. The summed E-state index contributed by atoms with van der Waals surface area (Å²) in [5.74, 6) is 1.53. The number of hydrogen-bond donors (Lipinski definition) is 0. The van der Waals surface area contributed by atoms with Crippen molar-refractivity contribution >= 4 is 26.8 Å². The maximum Gasteiger partial charge on any atom is 0.0706 e. The Balaban J connectivity index is 1.91. The number of rotatable bonds is 2. The van der Waals surface area contributed by atoms with Gasteiger partial charge in [0.05, 0.1) is 11.2 Å². The molecule has 0 aliphatic heterocycles. The van der Waals surface area contributed by atoms with Crippen LogP contribution >= 0.6 is 15.9 Å². The van der Waals surface area contributed by atoms with E-state index in [1.807, 2.05) is 11.7 Å². The molecule has 0 radical (unpaired) electrons. The highest BCUT2D eigenvalue weighted by molar-refractivity contribution is 9.09. The van der Waals surface area contributed by atoms with E-state index in [0.717, 1.165) is 18.3 Å². The van der Waals surface area contributed by atoms with Crippen LogP contribution < -0.4 is 0 Å². The molecule has 1 aromatic carbocycles. The molecule has 0 spiro atoms. The van der Waals surface area contributed by atoms with Crippen molar-refractivity contribution in [2.75, 3.05) is 0 Å². The number of aryl methyl sites for hydroxylation is 1. The van der Waals surface area contributed by atoms with Crippen LogP contribution in [0.5, 0.6) is 0 Å². The van der Waals surface area contributed by atoms with Crippen LogP contribution in [0.4, 0.5) is 0 Å². The highest BCUT2D eigenvalue weighted by Crippen LogP contribution is 2.38. The van der Waals surface area contributed by atoms with Crippen LogP contribution in [0.2, 0.25) is 0 Å². The van der Waals surface area contributed by atoms with Gasteiger partial charge in [0.15, 0.2) is 0 Å². The van der Waals surface area contributed by atoms with Crippen molar-refractivity contribution in [2.45, 2.75) is 31.0 Å². The molecule has 0 N–H and O–H groups in total. The summed E-state index contributed by atoms with van der Waals surface area (Å²) < 4.78 is 2.01. The van der Waals surface area contributed by atoms with Crippen LogP contribution in [0, 0.1) is 11.8 Å². The molecule has 18 heavy (non-hydrogen) atoms. The van der Waals surface area contributed by atoms with Gasteiger partial charge in [-0.2, -0.15) is 5.10 Å². The van der Waals surface area contributed by atoms with Gasteiger partial charge < -0.3 is 0 Å². The number of halogens is 1. The Bertz CT molecular complexity index is 561. The van der Waals surface area contributed by atoms with E-state index in [0.29, 0.717) is 4.83 Å². The molecule has 3 heteroatoms. The maximum atomic E-state index is 4.71. The van der Waals surface area contributed by atoms with Crippen LogP contribution in [0.15, 0.2) is 24.3 Å². The van der Waals surface area contributed by atoms with Crippen LogP contribution in [-0.2, 0) is 13.5 Å².